The smallest absolute Gasteiger partial charge is 0.0511 e. The molecule has 1 rings (SSSR count). The average molecular weight is 274 g/mol. The molecule has 0 radical (unpaired) electrons. The third-order valence-electron chi connectivity index (χ3n) is 2.87. The number of unbranched alkanes of at least 4 members (excludes halogenated alkanes) is 1. The number of halogens is 2. The lowest BCUT2D eigenvalue weighted by Gasteiger charge is -2.14. The van der Waals surface area contributed by atoms with Crippen LogP contribution in [0.5, 0.6) is 0 Å². The fourth-order valence-electron chi connectivity index (χ4n) is 1.83. The fourth-order valence-corrected chi connectivity index (χ4v) is 2.37. The quantitative estimate of drug-likeness (QED) is 0.563. The van der Waals surface area contributed by atoms with E-state index in [1.807, 2.05) is 6.07 Å². The van der Waals surface area contributed by atoms with Crippen molar-refractivity contribution < 1.29 is 0 Å². The summed E-state index contributed by atoms with van der Waals surface area (Å²) in [7, 11) is 0. The van der Waals surface area contributed by atoms with Crippen molar-refractivity contribution in [3.8, 4) is 0 Å². The Morgan fingerprint density at radius 3 is 2.24 bits per heavy atom. The summed E-state index contributed by atoms with van der Waals surface area (Å²) in [5.74, 6) is 0. The molecule has 1 aromatic carbocycles. The highest BCUT2D eigenvalue weighted by molar-refractivity contribution is 6.29. The number of aryl methyl sites for hydroxylation is 1. The molecular formula is C14H21Cl2N. The topological polar surface area (TPSA) is 26.0 Å². The van der Waals surface area contributed by atoms with Crippen LogP contribution >= 0.6 is 23.2 Å². The molecule has 1 nitrogen and oxygen atoms in total. The first-order valence-electron chi connectivity index (χ1n) is 6.26. The van der Waals surface area contributed by atoms with Gasteiger partial charge in [-0.15, -0.1) is 23.2 Å². The van der Waals surface area contributed by atoms with E-state index in [4.69, 9.17) is 28.9 Å². The van der Waals surface area contributed by atoms with Gasteiger partial charge in [0.15, 0.2) is 0 Å². The van der Waals surface area contributed by atoms with Gasteiger partial charge in [-0.3, -0.25) is 0 Å². The zero-order valence-corrected chi connectivity index (χ0v) is 11.6. The Labute approximate surface area is 114 Å². The predicted molar refractivity (Wildman–Crippen MR) is 77.0 cm³/mol. The highest BCUT2D eigenvalue weighted by atomic mass is 35.5. The first-order chi connectivity index (χ1) is 8.24. The van der Waals surface area contributed by atoms with Crippen LogP contribution in [0.1, 0.15) is 31.2 Å². The van der Waals surface area contributed by atoms with Gasteiger partial charge in [0.05, 0.1) is 5.38 Å². The molecular weight excluding hydrogens is 253 g/mol. The number of benzene rings is 1. The number of hydrogen-bond acceptors (Lipinski definition) is 1. The SMILES string of the molecule is NCCC(Cl)C(Cl)CCCCc1ccccc1. The number of nitrogens with two attached hydrogens (primary N) is 1. The number of alkyl halides is 2. The van der Waals surface area contributed by atoms with Crippen LogP contribution < -0.4 is 5.73 Å². The molecule has 0 heterocycles. The third kappa shape index (κ3) is 6.30. The van der Waals surface area contributed by atoms with E-state index < -0.39 is 0 Å². The molecule has 0 aliphatic carbocycles. The lowest BCUT2D eigenvalue weighted by atomic mass is 10.0. The van der Waals surface area contributed by atoms with Crippen LogP contribution in [0, 0.1) is 0 Å². The molecule has 2 N–H and O–H groups in total. The Bertz CT molecular complexity index is 290. The van der Waals surface area contributed by atoms with Crippen molar-refractivity contribution in [2.24, 2.45) is 5.73 Å². The van der Waals surface area contributed by atoms with Gasteiger partial charge in [-0.25, -0.2) is 0 Å². The molecule has 0 bridgehead atoms. The minimum Gasteiger partial charge on any atom is -0.330 e. The standard InChI is InChI=1S/C14H21Cl2N/c15-13(14(16)10-11-17)9-5-4-8-12-6-2-1-3-7-12/h1-3,6-7,13-14H,4-5,8-11,17H2. The lowest BCUT2D eigenvalue weighted by molar-refractivity contribution is 0.610. The average Bonchev–Trinajstić information content (AvgIpc) is 2.36. The van der Waals surface area contributed by atoms with Gasteiger partial charge in [0, 0.05) is 5.38 Å². The number of hydrogen-bond donors (Lipinski definition) is 1. The Kier molecular flexibility index (Phi) is 7.67. The Balaban J connectivity index is 2.12. The van der Waals surface area contributed by atoms with Crippen molar-refractivity contribution in [2.45, 2.75) is 42.9 Å². The van der Waals surface area contributed by atoms with Crippen LogP contribution in [0.2, 0.25) is 0 Å². The molecule has 2 unspecified atom stereocenters. The Morgan fingerprint density at radius 2 is 1.59 bits per heavy atom. The van der Waals surface area contributed by atoms with Crippen LogP contribution in [0.25, 0.3) is 0 Å². The molecule has 0 aromatic heterocycles. The second kappa shape index (κ2) is 8.79. The van der Waals surface area contributed by atoms with E-state index in [-0.39, 0.29) is 10.8 Å². The zero-order valence-electron chi connectivity index (χ0n) is 10.1. The van der Waals surface area contributed by atoms with Gasteiger partial charge in [0.2, 0.25) is 0 Å². The van der Waals surface area contributed by atoms with Crippen LogP contribution in [0.15, 0.2) is 30.3 Å². The van der Waals surface area contributed by atoms with E-state index in [9.17, 15) is 0 Å². The van der Waals surface area contributed by atoms with E-state index in [2.05, 4.69) is 24.3 Å². The lowest BCUT2D eigenvalue weighted by Crippen LogP contribution is -2.19. The van der Waals surface area contributed by atoms with E-state index in [1.165, 1.54) is 12.0 Å². The molecule has 2 atom stereocenters. The summed E-state index contributed by atoms with van der Waals surface area (Å²) in [6.45, 7) is 0.613. The molecule has 96 valence electrons. The van der Waals surface area contributed by atoms with Crippen molar-refractivity contribution in [1.29, 1.82) is 0 Å². The maximum absolute atomic E-state index is 6.20. The second-order valence-electron chi connectivity index (χ2n) is 4.34. The second-order valence-corrected chi connectivity index (χ2v) is 5.46. The molecule has 0 aliphatic heterocycles. The van der Waals surface area contributed by atoms with Gasteiger partial charge in [-0.2, -0.15) is 0 Å². The molecule has 1 aromatic rings. The van der Waals surface area contributed by atoms with Gasteiger partial charge < -0.3 is 5.73 Å². The summed E-state index contributed by atoms with van der Waals surface area (Å²) in [4.78, 5) is 0. The minimum absolute atomic E-state index is 0.0124. The van der Waals surface area contributed by atoms with E-state index >= 15 is 0 Å². The molecule has 0 fully saturated rings. The molecule has 3 heteroatoms. The van der Waals surface area contributed by atoms with Gasteiger partial charge >= 0.3 is 0 Å². The molecule has 0 aliphatic rings. The van der Waals surface area contributed by atoms with Gasteiger partial charge in [0.1, 0.15) is 0 Å². The summed E-state index contributed by atoms with van der Waals surface area (Å²) in [5.41, 5.74) is 6.85. The van der Waals surface area contributed by atoms with Crippen molar-refractivity contribution in [3.63, 3.8) is 0 Å². The predicted octanol–water partition coefficient (Wildman–Crippen LogP) is 3.96. The minimum atomic E-state index is 0.0124. The van der Waals surface area contributed by atoms with Crippen LogP contribution in [0.4, 0.5) is 0 Å². The summed E-state index contributed by atoms with van der Waals surface area (Å²) in [6.07, 6.45) is 5.18. The molecule has 0 saturated carbocycles. The van der Waals surface area contributed by atoms with Crippen molar-refractivity contribution >= 4 is 23.2 Å². The molecule has 0 amide bonds. The maximum Gasteiger partial charge on any atom is 0.0511 e. The normalized spacial score (nSPS) is 14.5. The highest BCUT2D eigenvalue weighted by Crippen LogP contribution is 2.19. The summed E-state index contributed by atoms with van der Waals surface area (Å²) in [5, 5.41) is 0.0642. The third-order valence-corrected chi connectivity index (χ3v) is 4.05. The summed E-state index contributed by atoms with van der Waals surface area (Å²) in [6, 6.07) is 10.5. The largest absolute Gasteiger partial charge is 0.330 e. The van der Waals surface area contributed by atoms with E-state index in [0.717, 1.165) is 25.7 Å². The maximum atomic E-state index is 6.20. The van der Waals surface area contributed by atoms with Gasteiger partial charge in [0.25, 0.3) is 0 Å². The molecule has 0 saturated heterocycles. The van der Waals surface area contributed by atoms with Crippen molar-refractivity contribution in [1.82, 2.24) is 0 Å². The fraction of sp³-hybridized carbons (Fsp3) is 0.571. The van der Waals surface area contributed by atoms with Crippen LogP contribution in [0.3, 0.4) is 0 Å². The number of rotatable bonds is 8. The summed E-state index contributed by atoms with van der Waals surface area (Å²) < 4.78 is 0. The van der Waals surface area contributed by atoms with Crippen molar-refractivity contribution in [2.75, 3.05) is 6.54 Å². The first-order valence-corrected chi connectivity index (χ1v) is 7.13. The van der Waals surface area contributed by atoms with Crippen LogP contribution in [-0.4, -0.2) is 17.3 Å². The Hall–Kier alpha value is -0.240. The van der Waals surface area contributed by atoms with E-state index in [1.54, 1.807) is 0 Å². The first kappa shape index (κ1) is 14.8. The molecule has 17 heavy (non-hydrogen) atoms. The Morgan fingerprint density at radius 1 is 0.941 bits per heavy atom. The van der Waals surface area contributed by atoms with Crippen molar-refractivity contribution in [3.05, 3.63) is 35.9 Å². The zero-order chi connectivity index (χ0) is 12.5. The monoisotopic (exact) mass is 273 g/mol. The summed E-state index contributed by atoms with van der Waals surface area (Å²) >= 11 is 12.3. The highest BCUT2D eigenvalue weighted by Gasteiger charge is 2.14. The van der Waals surface area contributed by atoms with E-state index in [0.29, 0.717) is 6.54 Å². The van der Waals surface area contributed by atoms with Crippen LogP contribution in [-0.2, 0) is 6.42 Å². The molecule has 0 spiro atoms. The van der Waals surface area contributed by atoms with Gasteiger partial charge in [-0.1, -0.05) is 36.8 Å². The van der Waals surface area contributed by atoms with Gasteiger partial charge in [-0.05, 0) is 37.8 Å².